The van der Waals surface area contributed by atoms with E-state index in [2.05, 4.69) is 92.7 Å². The molecule has 0 aromatic carbocycles. The van der Waals surface area contributed by atoms with Crippen LogP contribution in [-0.4, -0.2) is 11.2 Å². The predicted molar refractivity (Wildman–Crippen MR) is 108 cm³/mol. The largest absolute Gasteiger partial charge is 3.00 e. The molecule has 2 aliphatic carbocycles. The Morgan fingerprint density at radius 2 is 1.54 bits per heavy atom. The summed E-state index contributed by atoms with van der Waals surface area (Å²) < 4.78 is 6.82. The second-order valence-electron chi connectivity index (χ2n) is 10.6. The number of hydrogen-bond acceptors (Lipinski definition) is 1. The molecule has 28 heavy (non-hydrogen) atoms. The van der Waals surface area contributed by atoms with Gasteiger partial charge in [-0.1, -0.05) is 53.7 Å². The van der Waals surface area contributed by atoms with Crippen LogP contribution in [0.4, 0.5) is 0 Å². The van der Waals surface area contributed by atoms with Crippen molar-refractivity contribution in [3.8, 4) is 0 Å². The third-order valence-electron chi connectivity index (χ3n) is 4.86. The smallest absolute Gasteiger partial charge is 1.00 e. The normalized spacial score (nSPS) is 22.2. The summed E-state index contributed by atoms with van der Waals surface area (Å²) in [4.78, 5) is 0. The van der Waals surface area contributed by atoms with Gasteiger partial charge >= 0.3 is 21.7 Å². The molecule has 2 rings (SSSR count). The van der Waals surface area contributed by atoms with E-state index in [0.29, 0.717) is 0 Å². The summed E-state index contributed by atoms with van der Waals surface area (Å²) in [5.74, 6) is 0. The molecule has 0 heterocycles. The van der Waals surface area contributed by atoms with E-state index in [9.17, 15) is 0 Å². The molecule has 157 valence electrons. The van der Waals surface area contributed by atoms with Crippen molar-refractivity contribution in [3.05, 3.63) is 47.1 Å². The zero-order valence-electron chi connectivity index (χ0n) is 19.1. The molecule has 1 atom stereocenters. The maximum atomic E-state index is 6.82. The van der Waals surface area contributed by atoms with Gasteiger partial charge in [0.05, 0.1) is 11.2 Å². The van der Waals surface area contributed by atoms with E-state index >= 15 is 0 Å². The van der Waals surface area contributed by atoms with Gasteiger partial charge in [-0.15, -0.1) is 6.42 Å². The summed E-state index contributed by atoms with van der Waals surface area (Å²) in [5.41, 5.74) is 3.85. The Hall–Kier alpha value is 0.214. The van der Waals surface area contributed by atoms with Crippen LogP contribution < -0.4 is 24.8 Å². The molecule has 0 aromatic heterocycles. The Bertz CT molecular complexity index is 637. The molecule has 0 aromatic rings. The molecule has 0 N–H and O–H groups in total. The summed E-state index contributed by atoms with van der Waals surface area (Å²) in [6.45, 7) is 20.3. The average Bonchev–Trinajstić information content (AvgIpc) is 2.86. The molecular weight excluding hydrogens is 423 g/mol. The molecule has 0 saturated carbocycles. The number of ether oxygens (including phenoxy) is 1. The van der Waals surface area contributed by atoms with Gasteiger partial charge in [-0.25, -0.2) is 11.6 Å². The third-order valence-corrected chi connectivity index (χ3v) is 4.86. The third kappa shape index (κ3) is 7.80. The molecule has 0 amide bonds. The van der Waals surface area contributed by atoms with Gasteiger partial charge in [0.1, 0.15) is 0 Å². The molecule has 2 aliphatic rings. The van der Waals surface area contributed by atoms with Gasteiger partial charge in [0.15, 0.2) is 0 Å². The number of halogens is 2. The first-order valence-electron chi connectivity index (χ1n) is 9.63. The average molecular weight is 460 g/mol. The van der Waals surface area contributed by atoms with Crippen molar-refractivity contribution in [2.75, 3.05) is 0 Å². The fourth-order valence-electron chi connectivity index (χ4n) is 3.92. The van der Waals surface area contributed by atoms with Gasteiger partial charge in [0, 0.05) is 0 Å². The fraction of sp³-hybridized carbons (Fsp3) is 0.667. The maximum absolute atomic E-state index is 6.82. The van der Waals surface area contributed by atoms with Crippen molar-refractivity contribution in [2.24, 2.45) is 10.8 Å². The standard InChI is InChI=1S/C24H37O.2ClH.Ti/c1-21(2,3)19-14-15-24(25-23(7,8)9,17-18-12-10-11-13-18)20(16-19)22(4,5)6;;;/h10,12,14,16H,11,15,17H2,1-9H3;2*1H;/q-1;;;+3/p-2. The Labute approximate surface area is 201 Å². The summed E-state index contributed by atoms with van der Waals surface area (Å²) in [6.07, 6.45) is 15.5. The Kier molecular flexibility index (Phi) is 11.4. The van der Waals surface area contributed by atoms with Crippen molar-refractivity contribution in [2.45, 2.75) is 92.8 Å². The van der Waals surface area contributed by atoms with Gasteiger partial charge in [0.25, 0.3) is 0 Å². The molecule has 4 heteroatoms. The SMILES string of the molecule is CC(C)(C)OC1(CC2=[C-]CC=C2)CC=C(C(C)(C)C)C=C1C(C)(C)C.[Cl-].[Cl-].[Ti+3]. The second kappa shape index (κ2) is 10.5. The number of hydrogen-bond donors (Lipinski definition) is 0. The van der Waals surface area contributed by atoms with Crippen LogP contribution >= 0.6 is 0 Å². The van der Waals surface area contributed by atoms with E-state index < -0.39 is 0 Å². The Balaban J connectivity index is 0. The van der Waals surface area contributed by atoms with E-state index in [1.54, 1.807) is 0 Å². The van der Waals surface area contributed by atoms with E-state index in [0.717, 1.165) is 19.3 Å². The first-order valence-corrected chi connectivity index (χ1v) is 9.63. The molecule has 0 saturated heterocycles. The first-order chi connectivity index (χ1) is 11.2. The van der Waals surface area contributed by atoms with E-state index in [-0.39, 0.29) is 68.6 Å². The van der Waals surface area contributed by atoms with Gasteiger partial charge in [-0.3, -0.25) is 6.08 Å². The molecular formula is C24H37Cl2OTi. The second-order valence-corrected chi connectivity index (χ2v) is 10.6. The van der Waals surface area contributed by atoms with Crippen LogP contribution in [-0.2, 0) is 26.5 Å². The zero-order chi connectivity index (χ0) is 19.1. The van der Waals surface area contributed by atoms with Crippen LogP contribution in [0.5, 0.6) is 0 Å². The number of rotatable bonds is 3. The summed E-state index contributed by atoms with van der Waals surface area (Å²) in [5, 5.41) is 0. The molecule has 0 spiro atoms. The van der Waals surface area contributed by atoms with Crippen molar-refractivity contribution in [1.29, 1.82) is 0 Å². The van der Waals surface area contributed by atoms with Crippen LogP contribution in [0.3, 0.4) is 0 Å². The Morgan fingerprint density at radius 1 is 0.964 bits per heavy atom. The summed E-state index contributed by atoms with van der Waals surface area (Å²) in [6, 6.07) is 0. The van der Waals surface area contributed by atoms with E-state index in [1.165, 1.54) is 16.7 Å². The van der Waals surface area contributed by atoms with Gasteiger partial charge in [0.2, 0.25) is 0 Å². The van der Waals surface area contributed by atoms with Crippen LogP contribution in [0.15, 0.2) is 41.0 Å². The van der Waals surface area contributed by atoms with Gasteiger partial charge < -0.3 is 29.6 Å². The Morgan fingerprint density at radius 3 is 1.93 bits per heavy atom. The fourth-order valence-corrected chi connectivity index (χ4v) is 3.92. The first kappa shape index (κ1) is 30.4. The van der Waals surface area contributed by atoms with Crippen LogP contribution in [0.2, 0.25) is 0 Å². The molecule has 0 bridgehead atoms. The van der Waals surface area contributed by atoms with E-state index in [4.69, 9.17) is 4.74 Å². The topological polar surface area (TPSA) is 9.23 Å². The van der Waals surface area contributed by atoms with Crippen molar-refractivity contribution >= 4 is 0 Å². The maximum Gasteiger partial charge on any atom is 3.00 e. The zero-order valence-corrected chi connectivity index (χ0v) is 22.2. The molecule has 0 aliphatic heterocycles. The molecule has 1 unspecified atom stereocenters. The van der Waals surface area contributed by atoms with Crippen molar-refractivity contribution < 1.29 is 51.3 Å². The van der Waals surface area contributed by atoms with Gasteiger partial charge in [-0.2, -0.15) is 6.08 Å². The van der Waals surface area contributed by atoms with Crippen molar-refractivity contribution in [1.82, 2.24) is 0 Å². The van der Waals surface area contributed by atoms with Crippen molar-refractivity contribution in [3.63, 3.8) is 0 Å². The summed E-state index contributed by atoms with van der Waals surface area (Å²) in [7, 11) is 0. The molecule has 0 fully saturated rings. The predicted octanol–water partition coefficient (Wildman–Crippen LogP) is 0.974. The van der Waals surface area contributed by atoms with Crippen LogP contribution in [0.1, 0.15) is 81.6 Å². The van der Waals surface area contributed by atoms with Crippen LogP contribution in [0.25, 0.3) is 0 Å². The molecule has 1 radical (unpaired) electrons. The quantitative estimate of drug-likeness (QED) is 0.451. The number of allylic oxidation sites excluding steroid dienone is 5. The molecule has 1 nitrogen and oxygen atoms in total. The summed E-state index contributed by atoms with van der Waals surface area (Å²) >= 11 is 0. The van der Waals surface area contributed by atoms with E-state index in [1.807, 2.05) is 0 Å². The minimum Gasteiger partial charge on any atom is -1.00 e. The minimum atomic E-state index is -0.289. The van der Waals surface area contributed by atoms with Gasteiger partial charge in [-0.05, 0) is 55.6 Å². The minimum absolute atomic E-state index is 0. The monoisotopic (exact) mass is 459 g/mol. The van der Waals surface area contributed by atoms with Crippen LogP contribution in [0, 0.1) is 16.9 Å².